The maximum absolute atomic E-state index is 12.4. The predicted molar refractivity (Wildman–Crippen MR) is 181 cm³/mol. The molecule has 4 aromatic heterocycles. The number of aryl methyl sites for hydroxylation is 2. The third kappa shape index (κ3) is 9.14. The zero-order valence-corrected chi connectivity index (χ0v) is 27.5. The van der Waals surface area contributed by atoms with Crippen molar-refractivity contribution in [2.24, 2.45) is 10.3 Å². The summed E-state index contributed by atoms with van der Waals surface area (Å²) in [6.45, 7) is 4.10. The standard InChI is InChI=1S/2C17H21N3O4/c2*1-2-3-7-11-10-13(21)23-16-14(11)15(22)18-17(19-16)24-20-12-8-5-4-6-9-12/h2*10H,2-9H2,1H3,(H,18,19,22). The highest BCUT2D eigenvalue weighted by Crippen LogP contribution is 2.19. The van der Waals surface area contributed by atoms with Crippen LogP contribution >= 0.6 is 0 Å². The van der Waals surface area contributed by atoms with E-state index in [4.69, 9.17) is 18.5 Å². The fraction of sp³-hybridized carbons (Fsp3) is 0.529. The normalized spacial score (nSPS) is 14.8. The summed E-state index contributed by atoms with van der Waals surface area (Å²) in [5.41, 5.74) is 1.43. The van der Waals surface area contributed by atoms with Gasteiger partial charge in [0.05, 0.1) is 11.4 Å². The van der Waals surface area contributed by atoms with E-state index in [-0.39, 0.29) is 34.6 Å². The van der Waals surface area contributed by atoms with Crippen LogP contribution in [0.4, 0.5) is 0 Å². The van der Waals surface area contributed by atoms with E-state index < -0.39 is 11.3 Å². The van der Waals surface area contributed by atoms with Gasteiger partial charge in [0.1, 0.15) is 10.8 Å². The lowest BCUT2D eigenvalue weighted by molar-refractivity contribution is 0.307. The lowest BCUT2D eigenvalue weighted by atomic mass is 9.99. The number of hydrogen-bond acceptors (Lipinski definition) is 12. The molecular formula is C34H42N6O8. The molecule has 0 atom stereocenters. The Kier molecular flexibility index (Phi) is 12.1. The SMILES string of the molecule is CCCCc1cc(=O)oc2nc(ON=C3CCCCC3)[nH]c(=O)c12.CCCCc1cc(=O)oc2nc(ON=C3CCCCC3)[nH]c(=O)c12. The molecule has 0 radical (unpaired) electrons. The Hall–Kier alpha value is -4.88. The molecular weight excluding hydrogens is 620 g/mol. The summed E-state index contributed by atoms with van der Waals surface area (Å²) in [4.78, 5) is 72.0. The van der Waals surface area contributed by atoms with Gasteiger partial charge in [-0.25, -0.2) is 9.59 Å². The Balaban J connectivity index is 0.000000188. The van der Waals surface area contributed by atoms with Gasteiger partial charge in [-0.1, -0.05) is 49.8 Å². The first kappa shape index (κ1) is 34.5. The van der Waals surface area contributed by atoms with Crippen LogP contribution in [-0.2, 0) is 12.8 Å². The van der Waals surface area contributed by atoms with Gasteiger partial charge in [0, 0.05) is 12.1 Å². The van der Waals surface area contributed by atoms with Crippen molar-refractivity contribution in [1.82, 2.24) is 19.9 Å². The van der Waals surface area contributed by atoms with Crippen molar-refractivity contribution in [3.8, 4) is 12.0 Å². The molecule has 4 heterocycles. The number of nitrogens with zero attached hydrogens (tertiary/aromatic N) is 4. The zero-order valence-electron chi connectivity index (χ0n) is 27.5. The second kappa shape index (κ2) is 16.8. The third-order valence-corrected chi connectivity index (χ3v) is 8.33. The smallest absolute Gasteiger partial charge is 0.337 e. The molecule has 0 spiro atoms. The number of fused-ring (bicyclic) bond motifs is 2. The van der Waals surface area contributed by atoms with Crippen LogP contribution < -0.4 is 32.0 Å². The van der Waals surface area contributed by atoms with E-state index in [0.717, 1.165) is 88.5 Å². The molecule has 6 rings (SSSR count). The minimum absolute atomic E-state index is 0.00352. The molecule has 14 heteroatoms. The van der Waals surface area contributed by atoms with Crippen molar-refractivity contribution >= 4 is 33.6 Å². The van der Waals surface area contributed by atoms with Crippen LogP contribution in [-0.4, -0.2) is 31.4 Å². The van der Waals surface area contributed by atoms with Gasteiger partial charge in [-0.2, -0.15) is 9.97 Å². The Morgan fingerprint density at radius 2 is 1.04 bits per heavy atom. The molecule has 4 aromatic rings. The van der Waals surface area contributed by atoms with Gasteiger partial charge in [-0.3, -0.25) is 19.6 Å². The maximum atomic E-state index is 12.4. The fourth-order valence-electron chi connectivity index (χ4n) is 5.79. The maximum Gasteiger partial charge on any atom is 0.337 e. The number of nitrogens with one attached hydrogen (secondary N) is 2. The first-order chi connectivity index (χ1) is 23.3. The molecule has 0 aromatic carbocycles. The van der Waals surface area contributed by atoms with E-state index in [0.29, 0.717) is 34.7 Å². The summed E-state index contributed by atoms with van der Waals surface area (Å²) in [5.74, 6) is 0. The molecule has 2 saturated carbocycles. The predicted octanol–water partition coefficient (Wildman–Crippen LogP) is 5.84. The number of hydrogen-bond donors (Lipinski definition) is 2. The fourth-order valence-corrected chi connectivity index (χ4v) is 5.79. The molecule has 2 fully saturated rings. The van der Waals surface area contributed by atoms with Crippen LogP contribution in [0.25, 0.3) is 22.2 Å². The van der Waals surface area contributed by atoms with Gasteiger partial charge in [-0.05, 0) is 88.2 Å². The van der Waals surface area contributed by atoms with Gasteiger partial charge >= 0.3 is 23.3 Å². The summed E-state index contributed by atoms with van der Waals surface area (Å²) in [6, 6.07) is 2.61. The van der Waals surface area contributed by atoms with Gasteiger partial charge in [0.25, 0.3) is 11.1 Å². The van der Waals surface area contributed by atoms with Crippen LogP contribution in [0.1, 0.15) is 115 Å². The Labute approximate surface area is 275 Å². The third-order valence-electron chi connectivity index (χ3n) is 8.33. The van der Waals surface area contributed by atoms with Crippen LogP contribution in [0.2, 0.25) is 0 Å². The van der Waals surface area contributed by atoms with Crippen LogP contribution in [0, 0.1) is 0 Å². The van der Waals surface area contributed by atoms with E-state index in [9.17, 15) is 19.2 Å². The topological polar surface area (TPSA) is 195 Å². The van der Waals surface area contributed by atoms with Gasteiger partial charge in [0.15, 0.2) is 0 Å². The lowest BCUT2D eigenvalue weighted by Crippen LogP contribution is -2.15. The van der Waals surface area contributed by atoms with Gasteiger partial charge in [-0.15, -0.1) is 0 Å². The monoisotopic (exact) mass is 662 g/mol. The Morgan fingerprint density at radius 1 is 0.646 bits per heavy atom. The van der Waals surface area contributed by atoms with Crippen LogP contribution in [0.5, 0.6) is 12.0 Å². The number of rotatable bonds is 10. The van der Waals surface area contributed by atoms with Gasteiger partial charge in [0.2, 0.25) is 11.4 Å². The molecule has 2 N–H and O–H groups in total. The summed E-state index contributed by atoms with van der Waals surface area (Å²) in [7, 11) is 0. The van der Waals surface area contributed by atoms with Crippen LogP contribution in [0.15, 0.2) is 50.5 Å². The quantitative estimate of drug-likeness (QED) is 0.195. The number of aromatic amines is 2. The molecule has 0 amide bonds. The van der Waals surface area contributed by atoms with E-state index >= 15 is 0 Å². The first-order valence-corrected chi connectivity index (χ1v) is 16.9. The van der Waals surface area contributed by atoms with E-state index in [1.54, 1.807) is 0 Å². The number of aromatic nitrogens is 4. The molecule has 0 unspecified atom stereocenters. The van der Waals surface area contributed by atoms with Gasteiger partial charge < -0.3 is 18.5 Å². The highest BCUT2D eigenvalue weighted by molar-refractivity contribution is 5.85. The molecule has 0 bridgehead atoms. The summed E-state index contributed by atoms with van der Waals surface area (Å²) in [6.07, 6.45) is 15.3. The van der Waals surface area contributed by atoms with Crippen molar-refractivity contribution in [2.75, 3.05) is 0 Å². The number of H-pyrrole nitrogens is 2. The summed E-state index contributed by atoms with van der Waals surface area (Å²) < 4.78 is 10.2. The number of oxime groups is 2. The minimum Gasteiger partial charge on any atom is -0.403 e. The average molecular weight is 663 g/mol. The van der Waals surface area contributed by atoms with Crippen molar-refractivity contribution in [1.29, 1.82) is 0 Å². The highest BCUT2D eigenvalue weighted by atomic mass is 16.6. The molecule has 256 valence electrons. The summed E-state index contributed by atoms with van der Waals surface area (Å²) >= 11 is 0. The van der Waals surface area contributed by atoms with Crippen molar-refractivity contribution < 1.29 is 18.5 Å². The van der Waals surface area contributed by atoms with E-state index in [2.05, 4.69) is 30.2 Å². The highest BCUT2D eigenvalue weighted by Gasteiger charge is 2.16. The second-order valence-electron chi connectivity index (χ2n) is 12.1. The van der Waals surface area contributed by atoms with E-state index in [1.807, 2.05) is 13.8 Å². The molecule has 14 nitrogen and oxygen atoms in total. The molecule has 2 aliphatic rings. The largest absolute Gasteiger partial charge is 0.403 e. The Bertz CT molecular complexity index is 1860. The first-order valence-electron chi connectivity index (χ1n) is 16.9. The van der Waals surface area contributed by atoms with Crippen LogP contribution in [0.3, 0.4) is 0 Å². The minimum atomic E-state index is -0.517. The summed E-state index contributed by atoms with van der Waals surface area (Å²) in [5, 5.41) is 8.73. The van der Waals surface area contributed by atoms with Crippen molar-refractivity contribution in [2.45, 2.75) is 117 Å². The Morgan fingerprint density at radius 3 is 1.42 bits per heavy atom. The van der Waals surface area contributed by atoms with Crippen molar-refractivity contribution in [3.63, 3.8) is 0 Å². The molecule has 0 aliphatic heterocycles. The lowest BCUT2D eigenvalue weighted by Gasteiger charge is -2.11. The number of unbranched alkanes of at least 4 members (excludes halogenated alkanes) is 2. The molecule has 2 aliphatic carbocycles. The van der Waals surface area contributed by atoms with E-state index in [1.165, 1.54) is 25.0 Å². The molecule has 48 heavy (non-hydrogen) atoms. The second-order valence-corrected chi connectivity index (χ2v) is 12.1. The van der Waals surface area contributed by atoms with Crippen molar-refractivity contribution in [3.05, 3.63) is 64.8 Å². The molecule has 0 saturated heterocycles. The average Bonchev–Trinajstić information content (AvgIpc) is 3.08. The zero-order chi connectivity index (χ0) is 33.9.